The van der Waals surface area contributed by atoms with E-state index < -0.39 is 0 Å². The molecule has 0 bridgehead atoms. The molecule has 0 atom stereocenters. The molecule has 58 heavy (non-hydrogen) atoms. The van der Waals surface area contributed by atoms with E-state index in [1.807, 2.05) is 36.4 Å². The third-order valence-electron chi connectivity index (χ3n) is 11.8. The molecular weight excluding hydrogens is 709 g/mol. The standard InChI is InChI=1S/C54H34N2O2/c57-53-24-12-6-14-41(53)37-29-35(36-32-46-44-17-4-10-22-51(44)56-52-23-11-5-18-45(52)47(33-36)54(46)56)30-39(31-37)58-38-27-25-34(26-28-38)40-13-1-7-19-48(40)55-49-20-8-2-15-42(49)43-16-3-9-21-50(43)55/h1-33,57H. The molecule has 0 aliphatic carbocycles. The lowest BCUT2D eigenvalue weighted by atomic mass is 9.95. The van der Waals surface area contributed by atoms with Gasteiger partial charge in [-0.3, -0.25) is 0 Å². The number of para-hydroxylation sites is 6. The molecule has 0 fully saturated rings. The Balaban J connectivity index is 0.974. The van der Waals surface area contributed by atoms with E-state index in [2.05, 4.69) is 167 Å². The summed E-state index contributed by atoms with van der Waals surface area (Å²) < 4.78 is 11.5. The molecule has 3 heterocycles. The van der Waals surface area contributed by atoms with Crippen molar-refractivity contribution in [1.29, 1.82) is 0 Å². The first-order chi connectivity index (χ1) is 28.7. The Hall–Kier alpha value is -7.82. The van der Waals surface area contributed by atoms with Crippen LogP contribution in [0, 0.1) is 0 Å². The molecule has 272 valence electrons. The highest BCUT2D eigenvalue weighted by atomic mass is 16.5. The smallest absolute Gasteiger partial charge is 0.128 e. The highest BCUT2D eigenvalue weighted by molar-refractivity contribution is 6.24. The maximum atomic E-state index is 11.0. The molecule has 0 aliphatic heterocycles. The predicted molar refractivity (Wildman–Crippen MR) is 240 cm³/mol. The lowest BCUT2D eigenvalue weighted by molar-refractivity contribution is 0.476. The van der Waals surface area contributed by atoms with Gasteiger partial charge in [-0.1, -0.05) is 121 Å². The average Bonchev–Trinajstić information content (AvgIpc) is 3.92. The van der Waals surface area contributed by atoms with Crippen molar-refractivity contribution in [2.75, 3.05) is 0 Å². The van der Waals surface area contributed by atoms with Crippen LogP contribution in [0.1, 0.15) is 0 Å². The average molecular weight is 743 g/mol. The number of hydrogen-bond acceptors (Lipinski definition) is 2. The normalized spacial score (nSPS) is 11.9. The first-order valence-corrected chi connectivity index (χ1v) is 19.6. The minimum absolute atomic E-state index is 0.225. The Morgan fingerprint density at radius 1 is 0.345 bits per heavy atom. The van der Waals surface area contributed by atoms with E-state index >= 15 is 0 Å². The van der Waals surface area contributed by atoms with E-state index in [0.717, 1.165) is 44.8 Å². The van der Waals surface area contributed by atoms with Crippen LogP contribution in [-0.4, -0.2) is 14.1 Å². The van der Waals surface area contributed by atoms with Crippen LogP contribution in [0.3, 0.4) is 0 Å². The number of ether oxygens (including phenoxy) is 1. The van der Waals surface area contributed by atoms with Crippen LogP contribution < -0.4 is 4.74 Å². The molecule has 3 aromatic heterocycles. The molecule has 0 radical (unpaired) electrons. The quantitative estimate of drug-likeness (QED) is 0.184. The van der Waals surface area contributed by atoms with Gasteiger partial charge in [0.1, 0.15) is 17.2 Å². The summed E-state index contributed by atoms with van der Waals surface area (Å²) in [6, 6.07) is 69.9. The molecule has 4 nitrogen and oxygen atoms in total. The van der Waals surface area contributed by atoms with Gasteiger partial charge < -0.3 is 18.8 Å². The monoisotopic (exact) mass is 742 g/mol. The summed E-state index contributed by atoms with van der Waals surface area (Å²) in [6.45, 7) is 0. The van der Waals surface area contributed by atoms with Crippen LogP contribution in [0.15, 0.2) is 200 Å². The second-order valence-corrected chi connectivity index (χ2v) is 15.1. The maximum absolute atomic E-state index is 11.0. The Morgan fingerprint density at radius 2 is 0.828 bits per heavy atom. The molecule has 9 aromatic carbocycles. The topological polar surface area (TPSA) is 38.8 Å². The van der Waals surface area contributed by atoms with Crippen LogP contribution in [-0.2, 0) is 0 Å². The molecule has 0 saturated heterocycles. The Kier molecular flexibility index (Phi) is 7.05. The van der Waals surface area contributed by atoms with Gasteiger partial charge in [0, 0.05) is 43.4 Å². The minimum Gasteiger partial charge on any atom is -0.507 e. The first kappa shape index (κ1) is 32.4. The Bertz CT molecular complexity index is 3420. The zero-order chi connectivity index (χ0) is 38.3. The van der Waals surface area contributed by atoms with Gasteiger partial charge in [0.2, 0.25) is 0 Å². The van der Waals surface area contributed by atoms with Gasteiger partial charge in [0.05, 0.1) is 33.3 Å². The lowest BCUT2D eigenvalue weighted by Gasteiger charge is -2.15. The molecular formula is C54H34N2O2. The summed E-state index contributed by atoms with van der Waals surface area (Å²) in [6.07, 6.45) is 0. The summed E-state index contributed by atoms with van der Waals surface area (Å²) in [5.74, 6) is 1.64. The van der Waals surface area contributed by atoms with Gasteiger partial charge in [-0.15, -0.1) is 0 Å². The number of fused-ring (bicyclic) bond motifs is 9. The maximum Gasteiger partial charge on any atom is 0.128 e. The minimum atomic E-state index is 0.225. The van der Waals surface area contributed by atoms with E-state index in [-0.39, 0.29) is 5.75 Å². The van der Waals surface area contributed by atoms with E-state index in [4.69, 9.17) is 4.74 Å². The second kappa shape index (κ2) is 12.6. The van der Waals surface area contributed by atoms with Gasteiger partial charge >= 0.3 is 0 Å². The van der Waals surface area contributed by atoms with E-state index in [1.54, 1.807) is 6.07 Å². The zero-order valence-electron chi connectivity index (χ0n) is 31.3. The van der Waals surface area contributed by atoms with Crippen molar-refractivity contribution < 1.29 is 9.84 Å². The fraction of sp³-hybridized carbons (Fsp3) is 0. The van der Waals surface area contributed by atoms with Crippen molar-refractivity contribution in [3.05, 3.63) is 200 Å². The second-order valence-electron chi connectivity index (χ2n) is 15.1. The van der Waals surface area contributed by atoms with E-state index in [1.165, 1.54) is 59.9 Å². The van der Waals surface area contributed by atoms with Crippen molar-refractivity contribution in [3.63, 3.8) is 0 Å². The number of rotatable bonds is 6. The van der Waals surface area contributed by atoms with Crippen LogP contribution in [0.4, 0.5) is 0 Å². The fourth-order valence-electron chi connectivity index (χ4n) is 9.25. The molecule has 0 spiro atoms. The van der Waals surface area contributed by atoms with Crippen molar-refractivity contribution in [1.82, 2.24) is 8.97 Å². The Labute approximate surface area is 334 Å². The zero-order valence-corrected chi connectivity index (χ0v) is 31.3. The Morgan fingerprint density at radius 3 is 1.45 bits per heavy atom. The third kappa shape index (κ3) is 4.88. The SMILES string of the molecule is Oc1ccccc1-c1cc(Oc2ccc(-c3ccccc3-n3c4ccccc4c4ccccc43)cc2)cc(-c2cc3c4ccccc4n4c5ccccc5c(c2)c34)c1. The number of hydrogen-bond donors (Lipinski definition) is 1. The highest BCUT2D eigenvalue weighted by Crippen LogP contribution is 2.44. The summed E-state index contributed by atoms with van der Waals surface area (Å²) in [5.41, 5.74) is 13.1. The van der Waals surface area contributed by atoms with E-state index in [0.29, 0.717) is 5.75 Å². The molecule has 0 amide bonds. The molecule has 0 saturated carbocycles. The first-order valence-electron chi connectivity index (χ1n) is 19.6. The molecule has 12 rings (SSSR count). The molecule has 0 unspecified atom stereocenters. The molecule has 1 N–H and O–H groups in total. The highest BCUT2D eigenvalue weighted by Gasteiger charge is 2.20. The molecule has 0 aliphatic rings. The summed E-state index contributed by atoms with van der Waals surface area (Å²) in [4.78, 5) is 0. The summed E-state index contributed by atoms with van der Waals surface area (Å²) >= 11 is 0. The fourth-order valence-corrected chi connectivity index (χ4v) is 9.25. The van der Waals surface area contributed by atoms with Crippen LogP contribution in [0.2, 0.25) is 0 Å². The number of aromatic nitrogens is 2. The van der Waals surface area contributed by atoms with Gasteiger partial charge in [-0.25, -0.2) is 0 Å². The van der Waals surface area contributed by atoms with Gasteiger partial charge in [0.25, 0.3) is 0 Å². The number of phenols is 1. The number of nitrogens with zero attached hydrogens (tertiary/aromatic N) is 2. The number of benzene rings is 9. The van der Waals surface area contributed by atoms with E-state index in [9.17, 15) is 5.11 Å². The molecule has 12 aromatic rings. The van der Waals surface area contributed by atoms with Crippen LogP contribution >= 0.6 is 0 Å². The third-order valence-corrected chi connectivity index (χ3v) is 11.8. The summed E-state index contributed by atoms with van der Waals surface area (Å²) in [5, 5.41) is 18.4. The number of aromatic hydroxyl groups is 1. The molecule has 4 heteroatoms. The van der Waals surface area contributed by atoms with Crippen molar-refractivity contribution >= 4 is 59.9 Å². The van der Waals surface area contributed by atoms with Crippen molar-refractivity contribution in [3.8, 4) is 56.3 Å². The largest absolute Gasteiger partial charge is 0.507 e. The number of phenolic OH excluding ortho intramolecular Hbond substituents is 1. The van der Waals surface area contributed by atoms with Gasteiger partial charge in [-0.2, -0.15) is 0 Å². The van der Waals surface area contributed by atoms with Crippen molar-refractivity contribution in [2.45, 2.75) is 0 Å². The van der Waals surface area contributed by atoms with Gasteiger partial charge in [0.15, 0.2) is 0 Å². The van der Waals surface area contributed by atoms with Gasteiger partial charge in [-0.05, 0) is 101 Å². The lowest BCUT2D eigenvalue weighted by Crippen LogP contribution is -1.97. The van der Waals surface area contributed by atoms with Crippen LogP contribution in [0.5, 0.6) is 17.2 Å². The predicted octanol–water partition coefficient (Wildman–Crippen LogP) is 14.4. The summed E-state index contributed by atoms with van der Waals surface area (Å²) in [7, 11) is 0. The van der Waals surface area contributed by atoms with Crippen molar-refractivity contribution in [2.24, 2.45) is 0 Å². The van der Waals surface area contributed by atoms with Crippen LogP contribution in [0.25, 0.3) is 99.0 Å².